The minimum atomic E-state index is -3.86. The maximum Gasteiger partial charge on any atom is 0.243 e. The van der Waals surface area contributed by atoms with E-state index in [2.05, 4.69) is 0 Å². The molecule has 2 N–H and O–H groups in total. The molecule has 0 aromatic heterocycles. The molecule has 7 nitrogen and oxygen atoms in total. The van der Waals surface area contributed by atoms with Gasteiger partial charge in [0.1, 0.15) is 0 Å². The highest BCUT2D eigenvalue weighted by Gasteiger charge is 2.21. The van der Waals surface area contributed by atoms with E-state index in [1.54, 1.807) is 0 Å². The van der Waals surface area contributed by atoms with Crippen LogP contribution in [0.3, 0.4) is 0 Å². The lowest BCUT2D eigenvalue weighted by Crippen LogP contribution is -2.26. The summed E-state index contributed by atoms with van der Waals surface area (Å²) >= 11 is 0. The van der Waals surface area contributed by atoms with Crippen LogP contribution in [-0.4, -0.2) is 42.3 Å². The highest BCUT2D eigenvalue weighted by molar-refractivity contribution is 7.89. The van der Waals surface area contributed by atoms with Gasteiger partial charge in [-0.25, -0.2) is 22.0 Å². The first-order valence-corrected chi connectivity index (χ1v) is 10.4. The summed E-state index contributed by atoms with van der Waals surface area (Å²) in [5.41, 5.74) is 1.87. The molecule has 0 spiro atoms. The number of hydrogen-bond donors (Lipinski definition) is 1. The Morgan fingerprint density at radius 1 is 0.800 bits per heavy atom. The van der Waals surface area contributed by atoms with E-state index in [1.165, 1.54) is 35.6 Å². The molecule has 0 bridgehead atoms. The Morgan fingerprint density at radius 3 is 1.72 bits per heavy atom. The Balaban J connectivity index is 2.20. The lowest BCUT2D eigenvalue weighted by atomic mass is 10.2. The van der Waals surface area contributed by atoms with Crippen molar-refractivity contribution >= 4 is 25.7 Å². The molecule has 0 aliphatic rings. The van der Waals surface area contributed by atoms with Gasteiger partial charge in [0.2, 0.25) is 20.0 Å². The zero-order chi connectivity index (χ0) is 18.8. The van der Waals surface area contributed by atoms with E-state index in [9.17, 15) is 16.8 Å². The highest BCUT2D eigenvalue weighted by Crippen LogP contribution is 2.20. The molecule has 25 heavy (non-hydrogen) atoms. The van der Waals surface area contributed by atoms with Gasteiger partial charge in [-0.05, 0) is 42.0 Å². The van der Waals surface area contributed by atoms with Gasteiger partial charge in [-0.15, -0.1) is 0 Å². The van der Waals surface area contributed by atoms with Crippen LogP contribution in [-0.2, 0) is 26.6 Å². The Morgan fingerprint density at radius 2 is 1.28 bits per heavy atom. The van der Waals surface area contributed by atoms with E-state index in [0.717, 1.165) is 11.3 Å². The topological polar surface area (TPSA) is 101 Å². The van der Waals surface area contributed by atoms with Crippen LogP contribution in [0.5, 0.6) is 0 Å². The second-order valence-electron chi connectivity index (χ2n) is 5.84. The minimum Gasteiger partial charge on any atom is -0.378 e. The summed E-state index contributed by atoms with van der Waals surface area (Å²) in [6, 6.07) is 12.4. The first-order valence-electron chi connectivity index (χ1n) is 7.37. The highest BCUT2D eigenvalue weighted by atomic mass is 32.2. The van der Waals surface area contributed by atoms with Gasteiger partial charge in [0, 0.05) is 33.4 Å². The zero-order valence-corrected chi connectivity index (χ0v) is 15.9. The number of benzene rings is 2. The largest absolute Gasteiger partial charge is 0.378 e. The summed E-state index contributed by atoms with van der Waals surface area (Å²) in [4.78, 5) is 1.83. The van der Waals surface area contributed by atoms with Crippen LogP contribution in [0.15, 0.2) is 58.3 Å². The third-order valence-corrected chi connectivity index (χ3v) is 6.47. The Kier molecular flexibility index (Phi) is 5.52. The lowest BCUT2D eigenvalue weighted by Gasteiger charge is -2.18. The summed E-state index contributed by atoms with van der Waals surface area (Å²) in [6.45, 7) is 0.201. The molecule has 2 rings (SSSR count). The molecule has 136 valence electrons. The molecule has 0 atom stereocenters. The molecule has 9 heteroatoms. The monoisotopic (exact) mass is 383 g/mol. The normalized spacial score (nSPS) is 12.4. The predicted octanol–water partition coefficient (Wildman–Crippen LogP) is 1.22. The zero-order valence-electron chi connectivity index (χ0n) is 14.2. The smallest absolute Gasteiger partial charge is 0.243 e. The molecule has 0 aliphatic heterocycles. The van der Waals surface area contributed by atoms with Crippen molar-refractivity contribution < 1.29 is 16.8 Å². The predicted molar refractivity (Wildman–Crippen MR) is 97.2 cm³/mol. The van der Waals surface area contributed by atoms with Crippen LogP contribution in [0, 0.1) is 0 Å². The number of hydrogen-bond acceptors (Lipinski definition) is 5. The van der Waals surface area contributed by atoms with E-state index in [0.29, 0.717) is 0 Å². The molecule has 0 heterocycles. The van der Waals surface area contributed by atoms with Gasteiger partial charge in [0.15, 0.2) is 0 Å². The molecule has 0 fully saturated rings. The molecular weight excluding hydrogens is 362 g/mol. The molecule has 0 amide bonds. The second kappa shape index (κ2) is 7.12. The molecule has 2 aromatic rings. The number of primary sulfonamides is 1. The van der Waals surface area contributed by atoms with Gasteiger partial charge in [-0.1, -0.05) is 12.1 Å². The van der Waals surface area contributed by atoms with Gasteiger partial charge in [-0.3, -0.25) is 0 Å². The van der Waals surface area contributed by atoms with E-state index >= 15 is 0 Å². The van der Waals surface area contributed by atoms with E-state index < -0.39 is 20.0 Å². The van der Waals surface area contributed by atoms with Crippen molar-refractivity contribution in [3.63, 3.8) is 0 Å². The molecule has 0 radical (unpaired) electrons. The lowest BCUT2D eigenvalue weighted by molar-refractivity contribution is 0.466. The summed E-state index contributed by atoms with van der Waals surface area (Å²) < 4.78 is 48.9. The maximum atomic E-state index is 12.6. The van der Waals surface area contributed by atoms with Crippen LogP contribution < -0.4 is 10.0 Å². The molecule has 0 saturated heterocycles. The average molecular weight is 383 g/mol. The first kappa shape index (κ1) is 19.4. The van der Waals surface area contributed by atoms with Crippen molar-refractivity contribution in [3.05, 3.63) is 54.1 Å². The van der Waals surface area contributed by atoms with Crippen LogP contribution in [0.4, 0.5) is 5.69 Å². The second-order valence-corrected chi connectivity index (χ2v) is 9.44. The SMILES string of the molecule is CN(C)c1ccc(CN(C)S(=O)(=O)c2ccc(S(N)(=O)=O)cc2)cc1. The van der Waals surface area contributed by atoms with Crippen molar-refractivity contribution in [2.24, 2.45) is 5.14 Å². The standard InChI is InChI=1S/C16H21N3O4S2/c1-18(2)14-6-4-13(5-7-14)12-19(3)25(22,23)16-10-8-15(9-11-16)24(17,20)21/h4-11H,12H2,1-3H3,(H2,17,20,21). The summed E-state index contributed by atoms with van der Waals surface area (Å²) in [5.74, 6) is 0. The van der Waals surface area contributed by atoms with E-state index in [-0.39, 0.29) is 16.3 Å². The van der Waals surface area contributed by atoms with Crippen molar-refractivity contribution in [1.82, 2.24) is 4.31 Å². The van der Waals surface area contributed by atoms with Crippen molar-refractivity contribution in [2.75, 3.05) is 26.0 Å². The molecule has 2 aromatic carbocycles. The number of rotatable bonds is 6. The fraction of sp³-hybridized carbons (Fsp3) is 0.250. The Hall–Kier alpha value is -1.94. The van der Waals surface area contributed by atoms with Gasteiger partial charge >= 0.3 is 0 Å². The quantitative estimate of drug-likeness (QED) is 0.808. The van der Waals surface area contributed by atoms with Crippen LogP contribution >= 0.6 is 0 Å². The van der Waals surface area contributed by atoms with Crippen LogP contribution in [0.1, 0.15) is 5.56 Å². The number of nitrogens with two attached hydrogens (primary N) is 1. The average Bonchev–Trinajstić information content (AvgIpc) is 2.54. The fourth-order valence-electron chi connectivity index (χ4n) is 2.22. The third kappa shape index (κ3) is 4.57. The van der Waals surface area contributed by atoms with E-state index in [4.69, 9.17) is 5.14 Å². The van der Waals surface area contributed by atoms with Crippen molar-refractivity contribution in [2.45, 2.75) is 16.3 Å². The first-order chi connectivity index (χ1) is 11.5. The molecule has 0 aliphatic carbocycles. The van der Waals surface area contributed by atoms with Crippen LogP contribution in [0.25, 0.3) is 0 Å². The third-order valence-electron chi connectivity index (χ3n) is 3.72. The number of anilines is 1. The Labute approximate surface area is 148 Å². The molecular formula is C16H21N3O4S2. The van der Waals surface area contributed by atoms with Gasteiger partial charge in [0.25, 0.3) is 0 Å². The number of nitrogens with zero attached hydrogens (tertiary/aromatic N) is 2. The molecule has 0 saturated carbocycles. The summed E-state index contributed by atoms with van der Waals surface area (Å²) in [7, 11) is -2.27. The van der Waals surface area contributed by atoms with Gasteiger partial charge in [0.05, 0.1) is 9.79 Å². The van der Waals surface area contributed by atoms with E-state index in [1.807, 2.05) is 43.3 Å². The van der Waals surface area contributed by atoms with Crippen molar-refractivity contribution in [3.8, 4) is 0 Å². The molecule has 0 unspecified atom stereocenters. The van der Waals surface area contributed by atoms with Gasteiger partial charge < -0.3 is 4.90 Å². The fourth-order valence-corrected chi connectivity index (χ4v) is 3.90. The minimum absolute atomic E-state index is 0.00677. The van der Waals surface area contributed by atoms with Crippen LogP contribution in [0.2, 0.25) is 0 Å². The summed E-state index contributed by atoms with van der Waals surface area (Å²) in [5, 5.41) is 5.02. The van der Waals surface area contributed by atoms with Crippen molar-refractivity contribution in [1.29, 1.82) is 0 Å². The van der Waals surface area contributed by atoms with Gasteiger partial charge in [-0.2, -0.15) is 4.31 Å². The number of sulfonamides is 2. The maximum absolute atomic E-state index is 12.6. The summed E-state index contributed by atoms with van der Waals surface area (Å²) in [6.07, 6.45) is 0. The Bertz CT molecular complexity index is 936.